The fraction of sp³-hybridized carbons (Fsp3) is 0.412. The number of ether oxygens (including phenoxy) is 2. The van der Waals surface area contributed by atoms with Crippen LogP contribution in [0.25, 0.3) is 11.4 Å². The van der Waals surface area contributed by atoms with Crippen LogP contribution in [-0.2, 0) is 17.6 Å². The van der Waals surface area contributed by atoms with Crippen molar-refractivity contribution < 1.29 is 9.47 Å². The number of hydrogen-bond acceptors (Lipinski definition) is 5. The highest BCUT2D eigenvalue weighted by Gasteiger charge is 2.18. The Kier molecular flexibility index (Phi) is 4.24. The molecule has 2 aromatic rings. The minimum absolute atomic E-state index is 0.721. The van der Waals surface area contributed by atoms with Crippen molar-refractivity contribution in [1.29, 1.82) is 0 Å². The quantitative estimate of drug-likeness (QED) is 0.870. The summed E-state index contributed by atoms with van der Waals surface area (Å²) in [5, 5.41) is 0. The second-order valence-electron chi connectivity index (χ2n) is 5.53. The number of aromatic nitrogens is 2. The molecule has 0 unspecified atom stereocenters. The van der Waals surface area contributed by atoms with E-state index in [-0.39, 0.29) is 0 Å². The largest absolute Gasteiger partial charge is 0.497 e. The van der Waals surface area contributed by atoms with E-state index in [9.17, 15) is 0 Å². The fourth-order valence-electron chi connectivity index (χ4n) is 2.66. The summed E-state index contributed by atoms with van der Waals surface area (Å²) in [7, 11) is 5.70. The van der Waals surface area contributed by atoms with Crippen LogP contribution in [0.5, 0.6) is 5.75 Å². The Morgan fingerprint density at radius 3 is 2.45 bits per heavy atom. The van der Waals surface area contributed by atoms with Crippen molar-refractivity contribution in [2.45, 2.75) is 12.8 Å². The molecule has 5 heteroatoms. The third kappa shape index (κ3) is 2.90. The normalized spacial score (nSPS) is 14.1. The van der Waals surface area contributed by atoms with Gasteiger partial charge in [0.05, 0.1) is 26.0 Å². The van der Waals surface area contributed by atoms with Gasteiger partial charge in [-0.25, -0.2) is 9.97 Å². The smallest absolute Gasteiger partial charge is 0.161 e. The Morgan fingerprint density at radius 1 is 1.05 bits per heavy atom. The zero-order chi connectivity index (χ0) is 15.5. The van der Waals surface area contributed by atoms with Crippen molar-refractivity contribution in [1.82, 2.24) is 9.97 Å². The highest BCUT2D eigenvalue weighted by molar-refractivity contribution is 5.61. The first kappa shape index (κ1) is 14.8. The molecule has 1 aromatic heterocycles. The molecule has 0 radical (unpaired) electrons. The van der Waals surface area contributed by atoms with E-state index in [1.807, 2.05) is 38.4 Å². The summed E-state index contributed by atoms with van der Waals surface area (Å²) in [4.78, 5) is 11.6. The van der Waals surface area contributed by atoms with E-state index in [1.165, 1.54) is 5.56 Å². The maximum absolute atomic E-state index is 5.58. The van der Waals surface area contributed by atoms with Crippen LogP contribution in [0.4, 0.5) is 5.82 Å². The number of anilines is 1. The second-order valence-corrected chi connectivity index (χ2v) is 5.53. The minimum atomic E-state index is 0.721. The van der Waals surface area contributed by atoms with Crippen LogP contribution in [0.15, 0.2) is 24.3 Å². The molecule has 0 fully saturated rings. The highest BCUT2D eigenvalue weighted by Crippen LogP contribution is 2.27. The van der Waals surface area contributed by atoms with Gasteiger partial charge in [-0.3, -0.25) is 0 Å². The minimum Gasteiger partial charge on any atom is -0.497 e. The first-order valence-corrected chi connectivity index (χ1v) is 7.48. The monoisotopic (exact) mass is 299 g/mol. The summed E-state index contributed by atoms with van der Waals surface area (Å²) in [5.74, 6) is 2.58. The summed E-state index contributed by atoms with van der Waals surface area (Å²) in [6.07, 6.45) is 1.70. The Morgan fingerprint density at radius 2 is 1.77 bits per heavy atom. The Labute approximate surface area is 130 Å². The predicted octanol–water partition coefficient (Wildman–Crippen LogP) is 2.33. The van der Waals surface area contributed by atoms with E-state index in [0.717, 1.165) is 54.7 Å². The van der Waals surface area contributed by atoms with Gasteiger partial charge in [0.2, 0.25) is 0 Å². The molecule has 3 rings (SSSR count). The van der Waals surface area contributed by atoms with Gasteiger partial charge in [0.1, 0.15) is 11.6 Å². The Hall–Kier alpha value is -2.14. The molecule has 0 saturated carbocycles. The Bertz CT molecular complexity index is 654. The molecule has 5 nitrogen and oxygen atoms in total. The lowest BCUT2D eigenvalue weighted by atomic mass is 10.1. The number of methoxy groups -OCH3 is 1. The lowest BCUT2D eigenvalue weighted by Crippen LogP contribution is -2.17. The average molecular weight is 299 g/mol. The number of rotatable bonds is 3. The molecule has 0 spiro atoms. The molecule has 22 heavy (non-hydrogen) atoms. The standard InChI is InChI=1S/C17H21N3O2/c1-20(2)17-14-8-10-22-11-9-15(14)18-16(19-17)12-4-6-13(21-3)7-5-12/h4-7H,8-11H2,1-3H3. The molecular weight excluding hydrogens is 278 g/mol. The molecule has 1 aliphatic heterocycles. The van der Waals surface area contributed by atoms with Gasteiger partial charge in [-0.2, -0.15) is 0 Å². The van der Waals surface area contributed by atoms with Gasteiger partial charge < -0.3 is 14.4 Å². The van der Waals surface area contributed by atoms with Gasteiger partial charge in [-0.1, -0.05) is 0 Å². The highest BCUT2D eigenvalue weighted by atomic mass is 16.5. The van der Waals surface area contributed by atoms with Gasteiger partial charge >= 0.3 is 0 Å². The van der Waals surface area contributed by atoms with E-state index in [1.54, 1.807) is 7.11 Å². The molecule has 1 aliphatic rings. The molecule has 0 N–H and O–H groups in total. The van der Waals surface area contributed by atoms with E-state index < -0.39 is 0 Å². The number of fused-ring (bicyclic) bond motifs is 1. The van der Waals surface area contributed by atoms with Gasteiger partial charge in [0.25, 0.3) is 0 Å². The van der Waals surface area contributed by atoms with Crippen LogP contribution in [0.3, 0.4) is 0 Å². The Balaban J connectivity index is 2.07. The lowest BCUT2D eigenvalue weighted by molar-refractivity contribution is 0.146. The van der Waals surface area contributed by atoms with Crippen molar-refractivity contribution in [2.75, 3.05) is 39.3 Å². The van der Waals surface area contributed by atoms with E-state index in [0.29, 0.717) is 0 Å². The molecule has 116 valence electrons. The molecule has 0 saturated heterocycles. The summed E-state index contributed by atoms with van der Waals surface area (Å²) >= 11 is 0. The fourth-order valence-corrected chi connectivity index (χ4v) is 2.66. The first-order chi connectivity index (χ1) is 10.7. The lowest BCUT2D eigenvalue weighted by Gasteiger charge is -2.18. The molecule has 0 bridgehead atoms. The van der Waals surface area contributed by atoms with Crippen LogP contribution >= 0.6 is 0 Å². The maximum Gasteiger partial charge on any atom is 0.161 e. The molecule has 0 amide bonds. The van der Waals surface area contributed by atoms with E-state index >= 15 is 0 Å². The van der Waals surface area contributed by atoms with Crippen LogP contribution in [-0.4, -0.2) is 44.4 Å². The van der Waals surface area contributed by atoms with Crippen LogP contribution in [0.2, 0.25) is 0 Å². The zero-order valence-corrected chi connectivity index (χ0v) is 13.3. The summed E-state index contributed by atoms with van der Waals surface area (Å²) < 4.78 is 10.8. The van der Waals surface area contributed by atoms with E-state index in [4.69, 9.17) is 19.4 Å². The third-order valence-corrected chi connectivity index (χ3v) is 3.82. The second kappa shape index (κ2) is 6.32. The van der Waals surface area contributed by atoms with E-state index in [2.05, 4.69) is 4.90 Å². The average Bonchev–Trinajstić information content (AvgIpc) is 2.79. The van der Waals surface area contributed by atoms with Gasteiger partial charge in [0.15, 0.2) is 5.82 Å². The molecule has 0 atom stereocenters. The van der Waals surface area contributed by atoms with Gasteiger partial charge in [-0.15, -0.1) is 0 Å². The number of hydrogen-bond donors (Lipinski definition) is 0. The number of benzene rings is 1. The van der Waals surface area contributed by atoms with Gasteiger partial charge in [-0.05, 0) is 24.3 Å². The third-order valence-electron chi connectivity index (χ3n) is 3.82. The molecule has 1 aromatic carbocycles. The van der Waals surface area contributed by atoms with Crippen LogP contribution < -0.4 is 9.64 Å². The topological polar surface area (TPSA) is 47.5 Å². The summed E-state index contributed by atoms with van der Waals surface area (Å²) in [5.41, 5.74) is 3.30. The van der Waals surface area contributed by atoms with Crippen molar-refractivity contribution >= 4 is 5.82 Å². The predicted molar refractivity (Wildman–Crippen MR) is 86.6 cm³/mol. The van der Waals surface area contributed by atoms with Crippen LogP contribution in [0.1, 0.15) is 11.3 Å². The first-order valence-electron chi connectivity index (χ1n) is 7.48. The number of nitrogens with zero attached hydrogens (tertiary/aromatic N) is 3. The van der Waals surface area contributed by atoms with Crippen molar-refractivity contribution in [2.24, 2.45) is 0 Å². The van der Waals surface area contributed by atoms with Crippen molar-refractivity contribution in [3.05, 3.63) is 35.5 Å². The molecular formula is C17H21N3O2. The van der Waals surface area contributed by atoms with Crippen molar-refractivity contribution in [3.63, 3.8) is 0 Å². The summed E-state index contributed by atoms with van der Waals surface area (Å²) in [6.45, 7) is 1.46. The SMILES string of the molecule is COc1ccc(-c2nc3c(c(N(C)C)n2)CCOCC3)cc1. The van der Waals surface area contributed by atoms with Crippen molar-refractivity contribution in [3.8, 4) is 17.1 Å². The summed E-state index contributed by atoms with van der Waals surface area (Å²) in [6, 6.07) is 7.85. The zero-order valence-electron chi connectivity index (χ0n) is 13.3. The molecule has 2 heterocycles. The molecule has 0 aliphatic carbocycles. The van der Waals surface area contributed by atoms with Gasteiger partial charge in [0, 0.05) is 38.1 Å². The maximum atomic E-state index is 5.58. The van der Waals surface area contributed by atoms with Crippen LogP contribution in [0, 0.1) is 0 Å².